The van der Waals surface area contributed by atoms with Gasteiger partial charge in [0.1, 0.15) is 11.0 Å². The minimum absolute atomic E-state index is 0.0374. The summed E-state index contributed by atoms with van der Waals surface area (Å²) in [5.74, 6) is 0.415. The summed E-state index contributed by atoms with van der Waals surface area (Å²) >= 11 is 0. The molecule has 0 saturated carbocycles. The summed E-state index contributed by atoms with van der Waals surface area (Å²) in [5.41, 5.74) is 6.37. The second kappa shape index (κ2) is 7.81. The van der Waals surface area contributed by atoms with E-state index in [1.807, 2.05) is 53.4 Å². The Morgan fingerprint density at radius 2 is 1.43 bits per heavy atom. The molecular formula is C29H21N5O. The van der Waals surface area contributed by atoms with Crippen molar-refractivity contribution in [2.24, 2.45) is 0 Å². The first-order chi connectivity index (χ1) is 17.3. The highest BCUT2D eigenvalue weighted by Gasteiger charge is 2.28. The molecule has 4 heterocycles. The third-order valence-electron chi connectivity index (χ3n) is 7.01. The monoisotopic (exact) mass is 455 g/mol. The highest BCUT2D eigenvalue weighted by molar-refractivity contribution is 6.21. The van der Waals surface area contributed by atoms with Crippen molar-refractivity contribution in [3.05, 3.63) is 96.3 Å². The summed E-state index contributed by atoms with van der Waals surface area (Å²) in [7, 11) is 0. The molecular weight excluding hydrogens is 434 g/mol. The Kier molecular flexibility index (Phi) is 4.45. The molecule has 1 saturated heterocycles. The Labute approximate surface area is 201 Å². The number of amides is 1. The van der Waals surface area contributed by atoms with E-state index < -0.39 is 0 Å². The van der Waals surface area contributed by atoms with Crippen LogP contribution in [0.5, 0.6) is 0 Å². The van der Waals surface area contributed by atoms with Gasteiger partial charge in [-0.15, -0.1) is 0 Å². The van der Waals surface area contributed by atoms with Gasteiger partial charge >= 0.3 is 0 Å². The lowest BCUT2D eigenvalue weighted by molar-refractivity contribution is 0.0791. The molecule has 3 aromatic carbocycles. The molecule has 0 unspecified atom stereocenters. The molecule has 0 radical (unpaired) electrons. The molecule has 0 N–H and O–H groups in total. The molecule has 6 heteroatoms. The maximum atomic E-state index is 13.4. The van der Waals surface area contributed by atoms with Crippen LogP contribution in [0, 0.1) is 0 Å². The van der Waals surface area contributed by atoms with Crippen LogP contribution in [0.2, 0.25) is 0 Å². The first kappa shape index (κ1) is 20.0. The van der Waals surface area contributed by atoms with Gasteiger partial charge in [-0.05, 0) is 42.3 Å². The number of nitrogens with zero attached hydrogens (tertiary/aromatic N) is 5. The van der Waals surface area contributed by atoms with Gasteiger partial charge in [0, 0.05) is 47.7 Å². The number of carbonyl (C=O) groups excluding carboxylic acids is 1. The minimum Gasteiger partial charge on any atom is -0.338 e. The van der Waals surface area contributed by atoms with E-state index in [1.165, 1.54) is 5.56 Å². The number of likely N-dealkylation sites (tertiary alicyclic amines) is 1. The summed E-state index contributed by atoms with van der Waals surface area (Å²) in [4.78, 5) is 34.4. The number of hydrogen-bond acceptors (Lipinski definition) is 5. The van der Waals surface area contributed by atoms with E-state index in [-0.39, 0.29) is 5.91 Å². The number of pyridine rings is 2. The highest BCUT2D eigenvalue weighted by atomic mass is 16.2. The first-order valence-electron chi connectivity index (χ1n) is 11.8. The van der Waals surface area contributed by atoms with Crippen molar-refractivity contribution in [2.75, 3.05) is 13.1 Å². The molecule has 1 atom stereocenters. The third kappa shape index (κ3) is 3.21. The number of benzene rings is 3. The zero-order chi connectivity index (χ0) is 23.4. The Morgan fingerprint density at radius 1 is 0.743 bits per heavy atom. The molecule has 168 valence electrons. The van der Waals surface area contributed by atoms with Gasteiger partial charge in [-0.2, -0.15) is 0 Å². The molecule has 3 aromatic heterocycles. The van der Waals surface area contributed by atoms with Crippen LogP contribution in [0.25, 0.3) is 43.9 Å². The van der Waals surface area contributed by atoms with Gasteiger partial charge in [-0.1, -0.05) is 42.5 Å². The van der Waals surface area contributed by atoms with Crippen LogP contribution in [0.1, 0.15) is 28.3 Å². The molecule has 7 rings (SSSR count). The van der Waals surface area contributed by atoms with E-state index in [0.717, 1.165) is 52.3 Å². The predicted octanol–water partition coefficient (Wildman–Crippen LogP) is 5.51. The smallest absolute Gasteiger partial charge is 0.253 e. The summed E-state index contributed by atoms with van der Waals surface area (Å²) in [5, 5.41) is 2.00. The summed E-state index contributed by atoms with van der Waals surface area (Å²) in [6.07, 6.45) is 4.52. The normalized spacial score (nSPS) is 16.0. The van der Waals surface area contributed by atoms with Crippen LogP contribution in [-0.2, 0) is 0 Å². The van der Waals surface area contributed by atoms with Crippen LogP contribution in [-0.4, -0.2) is 43.8 Å². The fraction of sp³-hybridized carbons (Fsp3) is 0.138. The fourth-order valence-corrected chi connectivity index (χ4v) is 5.26. The molecule has 1 fully saturated rings. The van der Waals surface area contributed by atoms with Crippen LogP contribution in [0.4, 0.5) is 0 Å². The predicted molar refractivity (Wildman–Crippen MR) is 137 cm³/mol. The quantitative estimate of drug-likeness (QED) is 0.254. The number of aromatic nitrogens is 4. The van der Waals surface area contributed by atoms with Gasteiger partial charge in [-0.25, -0.2) is 9.97 Å². The summed E-state index contributed by atoms with van der Waals surface area (Å²) < 4.78 is 0. The first-order valence-corrected chi connectivity index (χ1v) is 11.8. The molecule has 0 aliphatic carbocycles. The van der Waals surface area contributed by atoms with E-state index in [2.05, 4.69) is 34.2 Å². The molecule has 1 aliphatic rings. The van der Waals surface area contributed by atoms with Crippen molar-refractivity contribution >= 4 is 49.8 Å². The lowest BCUT2D eigenvalue weighted by Gasteiger charge is -2.17. The maximum Gasteiger partial charge on any atom is 0.253 e. The maximum absolute atomic E-state index is 13.4. The Balaban J connectivity index is 1.32. The van der Waals surface area contributed by atoms with Gasteiger partial charge in [0.15, 0.2) is 0 Å². The SMILES string of the molecule is O=C(c1ccc2nc3c4ncccc4c4cccnc4c3nc2c1)N1CC[C@H](c2ccccc2)C1. The van der Waals surface area contributed by atoms with Gasteiger partial charge in [0.25, 0.3) is 5.91 Å². The van der Waals surface area contributed by atoms with Crippen LogP contribution >= 0.6 is 0 Å². The molecule has 6 aromatic rings. The molecule has 0 bridgehead atoms. The fourth-order valence-electron chi connectivity index (χ4n) is 5.26. The van der Waals surface area contributed by atoms with Crippen molar-refractivity contribution in [1.82, 2.24) is 24.8 Å². The molecule has 35 heavy (non-hydrogen) atoms. The Morgan fingerprint density at radius 3 is 2.14 bits per heavy atom. The van der Waals surface area contributed by atoms with Crippen molar-refractivity contribution in [1.29, 1.82) is 0 Å². The van der Waals surface area contributed by atoms with E-state index in [9.17, 15) is 4.79 Å². The second-order valence-electron chi connectivity index (χ2n) is 9.07. The molecule has 1 aliphatic heterocycles. The average molecular weight is 456 g/mol. The van der Waals surface area contributed by atoms with Crippen molar-refractivity contribution in [3.63, 3.8) is 0 Å². The largest absolute Gasteiger partial charge is 0.338 e. The topological polar surface area (TPSA) is 71.9 Å². The number of carbonyl (C=O) groups is 1. The average Bonchev–Trinajstić information content (AvgIpc) is 3.43. The van der Waals surface area contributed by atoms with Crippen LogP contribution in [0.3, 0.4) is 0 Å². The number of fused-ring (bicyclic) bond motifs is 7. The van der Waals surface area contributed by atoms with Crippen molar-refractivity contribution in [3.8, 4) is 0 Å². The standard InChI is InChI=1S/C29H21N5O/c35-29(34-15-12-20(17-34)18-6-2-1-3-7-18)19-10-11-23-24(16-19)33-28-26-22(9-5-14-31-26)21-8-4-13-30-25(21)27(28)32-23/h1-11,13-14,16,20H,12,15,17H2/t20-/m0/s1. The molecule has 6 nitrogen and oxygen atoms in total. The summed E-state index contributed by atoms with van der Waals surface area (Å²) in [6.45, 7) is 1.49. The summed E-state index contributed by atoms with van der Waals surface area (Å²) in [6, 6.07) is 24.0. The highest BCUT2D eigenvalue weighted by Crippen LogP contribution is 2.32. The lowest BCUT2D eigenvalue weighted by atomic mass is 9.99. The van der Waals surface area contributed by atoms with Crippen molar-refractivity contribution in [2.45, 2.75) is 12.3 Å². The van der Waals surface area contributed by atoms with E-state index >= 15 is 0 Å². The van der Waals surface area contributed by atoms with Crippen LogP contribution in [0.15, 0.2) is 85.2 Å². The van der Waals surface area contributed by atoms with E-state index in [1.54, 1.807) is 12.4 Å². The van der Waals surface area contributed by atoms with Gasteiger partial charge in [0.05, 0.1) is 22.1 Å². The van der Waals surface area contributed by atoms with E-state index in [4.69, 9.17) is 9.97 Å². The second-order valence-corrected chi connectivity index (χ2v) is 9.07. The van der Waals surface area contributed by atoms with Gasteiger partial charge in [0.2, 0.25) is 0 Å². The Hall–Kier alpha value is -4.45. The molecule has 1 amide bonds. The zero-order valence-electron chi connectivity index (χ0n) is 18.9. The number of hydrogen-bond donors (Lipinski definition) is 0. The lowest BCUT2D eigenvalue weighted by Crippen LogP contribution is -2.28. The van der Waals surface area contributed by atoms with Gasteiger partial charge < -0.3 is 4.90 Å². The molecule has 0 spiro atoms. The third-order valence-corrected chi connectivity index (χ3v) is 7.01. The van der Waals surface area contributed by atoms with E-state index in [0.29, 0.717) is 22.5 Å². The van der Waals surface area contributed by atoms with Gasteiger partial charge in [-0.3, -0.25) is 14.8 Å². The minimum atomic E-state index is 0.0374. The number of rotatable bonds is 2. The zero-order valence-corrected chi connectivity index (χ0v) is 18.9. The van der Waals surface area contributed by atoms with Crippen LogP contribution < -0.4 is 0 Å². The Bertz CT molecular complexity index is 1770. The van der Waals surface area contributed by atoms with Crippen molar-refractivity contribution < 1.29 is 4.79 Å².